The normalized spacial score (nSPS) is 18.5. The molecule has 0 aromatic rings. The van der Waals surface area contributed by atoms with E-state index in [9.17, 15) is 4.79 Å². The van der Waals surface area contributed by atoms with Crippen molar-refractivity contribution in [2.45, 2.75) is 45.1 Å². The van der Waals surface area contributed by atoms with Gasteiger partial charge in [-0.25, -0.2) is 0 Å². The maximum Gasteiger partial charge on any atom is 0.303 e. The van der Waals surface area contributed by atoms with Gasteiger partial charge in [0.2, 0.25) is 0 Å². The smallest absolute Gasteiger partial charge is 0.303 e. The van der Waals surface area contributed by atoms with Crippen molar-refractivity contribution in [2.75, 3.05) is 6.61 Å². The summed E-state index contributed by atoms with van der Waals surface area (Å²) in [5.74, 6) is 0.0646. The molecular formula is C10H18O3. The molecular weight excluding hydrogens is 168 g/mol. The van der Waals surface area contributed by atoms with Crippen LogP contribution in [0.15, 0.2) is 0 Å². The average Bonchev–Trinajstić information content (AvgIpc) is 2.85. The maximum atomic E-state index is 10.2. The number of aliphatic carboxylic acids is 1. The van der Waals surface area contributed by atoms with E-state index < -0.39 is 5.97 Å². The average molecular weight is 186 g/mol. The van der Waals surface area contributed by atoms with Gasteiger partial charge in [-0.1, -0.05) is 0 Å². The lowest BCUT2D eigenvalue weighted by atomic mass is 10.2. The van der Waals surface area contributed by atoms with Gasteiger partial charge < -0.3 is 9.84 Å². The Bertz CT molecular complexity index is 164. The quantitative estimate of drug-likeness (QED) is 0.619. The Hall–Kier alpha value is -0.570. The lowest BCUT2D eigenvalue weighted by Gasteiger charge is -2.10. The van der Waals surface area contributed by atoms with Crippen LogP contribution in [0.5, 0.6) is 0 Å². The Morgan fingerprint density at radius 2 is 2.23 bits per heavy atom. The molecule has 0 bridgehead atoms. The molecule has 0 spiro atoms. The number of unbranched alkanes of at least 4 members (excludes halogenated alkanes) is 1. The highest BCUT2D eigenvalue weighted by molar-refractivity contribution is 5.66. The van der Waals surface area contributed by atoms with Crippen LogP contribution in [0.4, 0.5) is 0 Å². The maximum absolute atomic E-state index is 10.2. The molecule has 0 aromatic heterocycles. The fourth-order valence-electron chi connectivity index (χ4n) is 1.35. The highest BCUT2D eigenvalue weighted by Gasteiger charge is 2.28. The third-order valence-corrected chi connectivity index (χ3v) is 2.45. The first-order valence-corrected chi connectivity index (χ1v) is 5.03. The van der Waals surface area contributed by atoms with Crippen molar-refractivity contribution in [1.29, 1.82) is 0 Å². The number of ether oxygens (including phenoxy) is 1. The molecule has 1 unspecified atom stereocenters. The first-order chi connectivity index (χ1) is 6.20. The van der Waals surface area contributed by atoms with E-state index in [0.29, 0.717) is 12.7 Å². The summed E-state index contributed by atoms with van der Waals surface area (Å²) in [7, 11) is 0. The van der Waals surface area contributed by atoms with Crippen LogP contribution >= 0.6 is 0 Å². The fraction of sp³-hybridized carbons (Fsp3) is 0.900. The molecule has 0 radical (unpaired) electrons. The lowest BCUT2D eigenvalue weighted by molar-refractivity contribution is -0.137. The Labute approximate surface area is 79.1 Å². The predicted octanol–water partition coefficient (Wildman–Crippen LogP) is 2.06. The number of carboxylic acid groups (broad SMARTS) is 1. The molecule has 1 fully saturated rings. The third kappa shape index (κ3) is 4.88. The van der Waals surface area contributed by atoms with Gasteiger partial charge in [0, 0.05) is 13.0 Å². The zero-order valence-electron chi connectivity index (χ0n) is 8.16. The van der Waals surface area contributed by atoms with Crippen molar-refractivity contribution in [3.63, 3.8) is 0 Å². The second-order valence-electron chi connectivity index (χ2n) is 3.76. The lowest BCUT2D eigenvalue weighted by Crippen LogP contribution is -2.11. The van der Waals surface area contributed by atoms with E-state index in [1.54, 1.807) is 0 Å². The van der Waals surface area contributed by atoms with Gasteiger partial charge in [0.05, 0.1) is 6.10 Å². The van der Waals surface area contributed by atoms with Crippen molar-refractivity contribution in [2.24, 2.45) is 5.92 Å². The number of rotatable bonds is 7. The summed E-state index contributed by atoms with van der Waals surface area (Å²) in [5, 5.41) is 8.38. The van der Waals surface area contributed by atoms with Gasteiger partial charge in [0.25, 0.3) is 0 Å². The second kappa shape index (κ2) is 5.22. The van der Waals surface area contributed by atoms with Crippen LogP contribution in [0.2, 0.25) is 0 Å². The van der Waals surface area contributed by atoms with E-state index in [0.717, 1.165) is 18.8 Å². The van der Waals surface area contributed by atoms with Gasteiger partial charge in [0.15, 0.2) is 0 Å². The summed E-state index contributed by atoms with van der Waals surface area (Å²) in [6, 6.07) is 0. The summed E-state index contributed by atoms with van der Waals surface area (Å²) in [6.45, 7) is 2.82. The van der Waals surface area contributed by atoms with Crippen LogP contribution in [0.25, 0.3) is 0 Å². The summed E-state index contributed by atoms with van der Waals surface area (Å²) >= 11 is 0. The van der Waals surface area contributed by atoms with E-state index in [-0.39, 0.29) is 6.42 Å². The first kappa shape index (κ1) is 10.5. The number of hydrogen-bond donors (Lipinski definition) is 1. The second-order valence-corrected chi connectivity index (χ2v) is 3.76. The molecule has 0 aromatic carbocycles. The summed E-state index contributed by atoms with van der Waals surface area (Å²) in [5.41, 5.74) is 0. The Morgan fingerprint density at radius 1 is 1.54 bits per heavy atom. The van der Waals surface area contributed by atoms with Gasteiger partial charge >= 0.3 is 5.97 Å². The van der Waals surface area contributed by atoms with E-state index in [1.165, 1.54) is 12.8 Å². The van der Waals surface area contributed by atoms with Crippen LogP contribution in [0.3, 0.4) is 0 Å². The SMILES string of the molecule is CC(OCCCCC(=O)O)C1CC1. The number of carbonyl (C=O) groups is 1. The van der Waals surface area contributed by atoms with E-state index in [1.807, 2.05) is 0 Å². The largest absolute Gasteiger partial charge is 0.481 e. The topological polar surface area (TPSA) is 46.5 Å². The Balaban J connectivity index is 1.85. The molecule has 76 valence electrons. The summed E-state index contributed by atoms with van der Waals surface area (Å²) in [6.07, 6.45) is 4.84. The molecule has 0 saturated heterocycles. The van der Waals surface area contributed by atoms with Crippen LogP contribution in [-0.4, -0.2) is 23.8 Å². The molecule has 1 atom stereocenters. The van der Waals surface area contributed by atoms with Gasteiger partial charge in [-0.3, -0.25) is 4.79 Å². The van der Waals surface area contributed by atoms with Gasteiger partial charge in [-0.05, 0) is 38.5 Å². The highest BCUT2D eigenvalue weighted by Crippen LogP contribution is 2.33. The first-order valence-electron chi connectivity index (χ1n) is 5.03. The molecule has 0 aliphatic heterocycles. The molecule has 13 heavy (non-hydrogen) atoms. The van der Waals surface area contributed by atoms with Crippen LogP contribution in [0.1, 0.15) is 39.0 Å². The van der Waals surface area contributed by atoms with Crippen molar-refractivity contribution >= 4 is 5.97 Å². The van der Waals surface area contributed by atoms with Gasteiger partial charge in [-0.15, -0.1) is 0 Å². The van der Waals surface area contributed by atoms with Crippen molar-refractivity contribution < 1.29 is 14.6 Å². The van der Waals surface area contributed by atoms with Crippen molar-refractivity contribution in [3.8, 4) is 0 Å². The molecule has 1 N–H and O–H groups in total. The summed E-state index contributed by atoms with van der Waals surface area (Å²) < 4.78 is 5.55. The molecule has 1 saturated carbocycles. The molecule has 3 heteroatoms. The third-order valence-electron chi connectivity index (χ3n) is 2.45. The van der Waals surface area contributed by atoms with Gasteiger partial charge in [0.1, 0.15) is 0 Å². The standard InChI is InChI=1S/C10H18O3/c1-8(9-5-6-9)13-7-3-2-4-10(11)12/h8-9H,2-7H2,1H3,(H,11,12). The van der Waals surface area contributed by atoms with Crippen molar-refractivity contribution in [3.05, 3.63) is 0 Å². The number of carboxylic acids is 1. The molecule has 1 aliphatic carbocycles. The summed E-state index contributed by atoms with van der Waals surface area (Å²) in [4.78, 5) is 10.2. The van der Waals surface area contributed by atoms with E-state index >= 15 is 0 Å². The molecule has 0 heterocycles. The molecule has 1 aliphatic rings. The van der Waals surface area contributed by atoms with E-state index in [2.05, 4.69) is 6.92 Å². The minimum Gasteiger partial charge on any atom is -0.481 e. The van der Waals surface area contributed by atoms with E-state index in [4.69, 9.17) is 9.84 Å². The zero-order chi connectivity index (χ0) is 9.68. The van der Waals surface area contributed by atoms with Crippen molar-refractivity contribution in [1.82, 2.24) is 0 Å². The Kier molecular flexibility index (Phi) is 4.22. The van der Waals surface area contributed by atoms with Crippen LogP contribution in [0, 0.1) is 5.92 Å². The minimum atomic E-state index is -0.713. The minimum absolute atomic E-state index is 0.265. The Morgan fingerprint density at radius 3 is 2.77 bits per heavy atom. The van der Waals surface area contributed by atoms with Crippen LogP contribution < -0.4 is 0 Å². The van der Waals surface area contributed by atoms with Crippen LogP contribution in [-0.2, 0) is 9.53 Å². The fourth-order valence-corrected chi connectivity index (χ4v) is 1.35. The molecule has 3 nitrogen and oxygen atoms in total. The number of hydrogen-bond acceptors (Lipinski definition) is 2. The predicted molar refractivity (Wildman–Crippen MR) is 49.6 cm³/mol. The molecule has 0 amide bonds. The zero-order valence-corrected chi connectivity index (χ0v) is 8.16. The monoisotopic (exact) mass is 186 g/mol. The highest BCUT2D eigenvalue weighted by atomic mass is 16.5. The van der Waals surface area contributed by atoms with Gasteiger partial charge in [-0.2, -0.15) is 0 Å². The molecule has 1 rings (SSSR count).